The van der Waals surface area contributed by atoms with E-state index < -0.39 is 10.9 Å². The number of carbonyl (C=O) groups excluding carboxylic acids is 2. The summed E-state index contributed by atoms with van der Waals surface area (Å²) in [7, 11) is 0. The van der Waals surface area contributed by atoms with Gasteiger partial charge in [0.05, 0.1) is 18.1 Å². The van der Waals surface area contributed by atoms with Crippen LogP contribution in [0.4, 0.5) is 5.69 Å². The van der Waals surface area contributed by atoms with Gasteiger partial charge in [0.25, 0.3) is 11.6 Å². The van der Waals surface area contributed by atoms with Crippen molar-refractivity contribution in [3.05, 3.63) is 46.0 Å². The summed E-state index contributed by atoms with van der Waals surface area (Å²) < 4.78 is 10.5. The molecule has 1 aromatic carbocycles. The van der Waals surface area contributed by atoms with Gasteiger partial charge < -0.3 is 14.8 Å². The Hall–Kier alpha value is -2.78. The van der Waals surface area contributed by atoms with E-state index in [0.29, 0.717) is 25.3 Å². The van der Waals surface area contributed by atoms with Crippen LogP contribution in [0.5, 0.6) is 0 Å². The largest absolute Gasteiger partial charge is 0.452 e. The lowest BCUT2D eigenvalue weighted by molar-refractivity contribution is -0.384. The van der Waals surface area contributed by atoms with E-state index in [-0.39, 0.29) is 23.7 Å². The Morgan fingerprint density at radius 3 is 2.68 bits per heavy atom. The highest BCUT2D eigenvalue weighted by Crippen LogP contribution is 2.33. The zero-order valence-electron chi connectivity index (χ0n) is 17.6. The van der Waals surface area contributed by atoms with Gasteiger partial charge in [-0.05, 0) is 24.5 Å². The van der Waals surface area contributed by atoms with E-state index in [1.807, 2.05) is 0 Å². The van der Waals surface area contributed by atoms with Crippen molar-refractivity contribution in [1.29, 1.82) is 0 Å². The van der Waals surface area contributed by atoms with Crippen molar-refractivity contribution in [3.63, 3.8) is 0 Å². The van der Waals surface area contributed by atoms with Gasteiger partial charge in [-0.25, -0.2) is 4.79 Å². The van der Waals surface area contributed by atoms with Crippen LogP contribution in [0.25, 0.3) is 6.08 Å². The highest BCUT2D eigenvalue weighted by molar-refractivity contribution is 5.89. The molecule has 1 aromatic rings. The fraction of sp³-hybridized carbons (Fsp3) is 0.545. The number of carbonyl (C=O) groups is 2. The van der Waals surface area contributed by atoms with Gasteiger partial charge in [0.2, 0.25) is 0 Å². The molecule has 0 spiro atoms. The minimum atomic E-state index is -0.679. The fourth-order valence-corrected chi connectivity index (χ4v) is 4.26. The standard InChI is InChI=1S/C22H29N3O6/c26-20(16-31-21(27)8-7-18-5-4-6-19(15-18)25(28)29)23-17-22(9-2-1-3-10-22)24-11-13-30-14-12-24/h4-8,15H,1-3,9-14,16-17H2,(H,23,26)/b8-7+. The molecule has 1 saturated carbocycles. The van der Waals surface area contributed by atoms with Crippen molar-refractivity contribution >= 4 is 23.6 Å². The summed E-state index contributed by atoms with van der Waals surface area (Å²) in [5.74, 6) is -1.02. The Morgan fingerprint density at radius 1 is 1.23 bits per heavy atom. The smallest absolute Gasteiger partial charge is 0.331 e. The molecule has 9 heteroatoms. The maximum absolute atomic E-state index is 12.3. The van der Waals surface area contributed by atoms with E-state index in [9.17, 15) is 19.7 Å². The molecule has 9 nitrogen and oxygen atoms in total. The van der Waals surface area contributed by atoms with Gasteiger partial charge in [0, 0.05) is 43.4 Å². The third-order valence-corrected chi connectivity index (χ3v) is 5.92. The number of rotatable bonds is 8. The molecule has 2 fully saturated rings. The Morgan fingerprint density at radius 2 is 1.97 bits per heavy atom. The highest BCUT2D eigenvalue weighted by atomic mass is 16.6. The Kier molecular flexibility index (Phi) is 8.13. The Labute approximate surface area is 181 Å². The summed E-state index contributed by atoms with van der Waals surface area (Å²) in [5.41, 5.74) is 0.385. The van der Waals surface area contributed by atoms with Gasteiger partial charge in [-0.2, -0.15) is 0 Å². The normalized spacial score (nSPS) is 19.1. The summed E-state index contributed by atoms with van der Waals surface area (Å²) >= 11 is 0. The molecule has 1 aliphatic heterocycles. The van der Waals surface area contributed by atoms with Gasteiger partial charge >= 0.3 is 5.97 Å². The zero-order valence-corrected chi connectivity index (χ0v) is 17.6. The lowest BCUT2D eigenvalue weighted by atomic mass is 9.79. The molecular weight excluding hydrogens is 402 g/mol. The molecule has 0 radical (unpaired) electrons. The fourth-order valence-electron chi connectivity index (χ4n) is 4.26. The van der Waals surface area contributed by atoms with Crippen molar-refractivity contribution in [2.24, 2.45) is 0 Å². The van der Waals surface area contributed by atoms with E-state index in [1.165, 1.54) is 30.7 Å². The average Bonchev–Trinajstić information content (AvgIpc) is 2.81. The maximum atomic E-state index is 12.3. The van der Waals surface area contributed by atoms with Crippen LogP contribution in [0, 0.1) is 10.1 Å². The topological polar surface area (TPSA) is 111 Å². The number of esters is 1. The van der Waals surface area contributed by atoms with Crippen molar-refractivity contribution in [2.75, 3.05) is 39.5 Å². The van der Waals surface area contributed by atoms with Crippen LogP contribution in [0.1, 0.15) is 37.7 Å². The summed E-state index contributed by atoms with van der Waals surface area (Å²) in [6.45, 7) is 3.33. The Balaban J connectivity index is 1.47. The maximum Gasteiger partial charge on any atom is 0.331 e. The molecule has 1 N–H and O–H groups in total. The van der Waals surface area contributed by atoms with E-state index in [4.69, 9.17) is 9.47 Å². The monoisotopic (exact) mass is 431 g/mol. The number of amides is 1. The number of benzene rings is 1. The lowest BCUT2D eigenvalue weighted by Crippen LogP contribution is -2.59. The number of ether oxygens (including phenoxy) is 2. The minimum absolute atomic E-state index is 0.0520. The van der Waals surface area contributed by atoms with Gasteiger partial charge in [-0.15, -0.1) is 0 Å². The number of non-ortho nitro benzene ring substituents is 1. The number of nitrogens with zero attached hydrogens (tertiary/aromatic N) is 2. The summed E-state index contributed by atoms with van der Waals surface area (Å²) in [4.78, 5) is 36.9. The van der Waals surface area contributed by atoms with Crippen LogP contribution >= 0.6 is 0 Å². The first-order valence-corrected chi connectivity index (χ1v) is 10.7. The molecule has 1 saturated heterocycles. The number of nitro benzene ring substituents is 1. The van der Waals surface area contributed by atoms with E-state index in [1.54, 1.807) is 6.07 Å². The number of hydrogen-bond acceptors (Lipinski definition) is 7. The molecule has 0 bridgehead atoms. The second-order valence-corrected chi connectivity index (χ2v) is 7.95. The molecule has 0 atom stereocenters. The molecule has 1 aliphatic carbocycles. The molecule has 2 aliphatic rings. The van der Waals surface area contributed by atoms with Gasteiger partial charge in [0.1, 0.15) is 0 Å². The predicted molar refractivity (Wildman–Crippen MR) is 114 cm³/mol. The first-order chi connectivity index (χ1) is 15.0. The van der Waals surface area contributed by atoms with Crippen LogP contribution in [0.2, 0.25) is 0 Å². The van der Waals surface area contributed by atoms with Crippen molar-refractivity contribution in [2.45, 2.75) is 37.6 Å². The Bertz CT molecular complexity index is 813. The highest BCUT2D eigenvalue weighted by Gasteiger charge is 2.38. The van der Waals surface area contributed by atoms with Crippen LogP contribution in [-0.4, -0.2) is 66.7 Å². The second kappa shape index (κ2) is 11.0. The summed E-state index contributed by atoms with van der Waals surface area (Å²) in [6, 6.07) is 5.90. The predicted octanol–water partition coefficient (Wildman–Crippen LogP) is 2.30. The molecule has 3 rings (SSSR count). The zero-order chi connectivity index (χ0) is 22.1. The molecule has 0 aromatic heterocycles. The third-order valence-electron chi connectivity index (χ3n) is 5.92. The van der Waals surface area contributed by atoms with Gasteiger partial charge in [-0.3, -0.25) is 19.8 Å². The molecule has 1 heterocycles. The van der Waals surface area contributed by atoms with Crippen LogP contribution < -0.4 is 5.32 Å². The van der Waals surface area contributed by atoms with E-state index in [0.717, 1.165) is 44.8 Å². The molecule has 0 unspecified atom stereocenters. The molecular formula is C22H29N3O6. The average molecular weight is 431 g/mol. The second-order valence-electron chi connectivity index (χ2n) is 7.95. The number of morpholine rings is 1. The first-order valence-electron chi connectivity index (χ1n) is 10.7. The van der Waals surface area contributed by atoms with Crippen LogP contribution in [-0.2, 0) is 19.1 Å². The number of hydrogen-bond donors (Lipinski definition) is 1. The van der Waals surface area contributed by atoms with Crippen molar-refractivity contribution in [3.8, 4) is 0 Å². The van der Waals surface area contributed by atoms with Crippen molar-refractivity contribution in [1.82, 2.24) is 10.2 Å². The quantitative estimate of drug-likeness (QED) is 0.291. The first kappa shape index (κ1) is 22.9. The molecule has 1 amide bonds. The van der Waals surface area contributed by atoms with Gasteiger partial charge in [-0.1, -0.05) is 31.4 Å². The SMILES string of the molecule is O=C(COC(=O)/C=C/c1cccc([N+](=O)[O-])c1)NCC1(N2CCOCC2)CCCCC1. The van der Waals surface area contributed by atoms with Gasteiger partial charge in [0.15, 0.2) is 6.61 Å². The van der Waals surface area contributed by atoms with Crippen LogP contribution in [0.3, 0.4) is 0 Å². The van der Waals surface area contributed by atoms with E-state index in [2.05, 4.69) is 10.2 Å². The van der Waals surface area contributed by atoms with Crippen LogP contribution in [0.15, 0.2) is 30.3 Å². The molecule has 31 heavy (non-hydrogen) atoms. The minimum Gasteiger partial charge on any atom is -0.452 e. The van der Waals surface area contributed by atoms with E-state index >= 15 is 0 Å². The number of nitrogens with one attached hydrogen (secondary N) is 1. The number of nitro groups is 1. The van der Waals surface area contributed by atoms with Crippen molar-refractivity contribution < 1.29 is 24.0 Å². The molecule has 168 valence electrons. The summed E-state index contributed by atoms with van der Waals surface area (Å²) in [6.07, 6.45) is 8.16. The summed E-state index contributed by atoms with van der Waals surface area (Å²) in [5, 5.41) is 13.7. The lowest BCUT2D eigenvalue weighted by Gasteiger charge is -2.48. The third kappa shape index (κ3) is 6.60.